The van der Waals surface area contributed by atoms with Crippen LogP contribution in [0.5, 0.6) is 17.2 Å². The molecule has 336 valence electrons. The molecule has 0 bridgehead atoms. The molecule has 7 rings (SSSR count). The van der Waals surface area contributed by atoms with Gasteiger partial charge in [0.25, 0.3) is 5.69 Å². The van der Waals surface area contributed by atoms with Crippen LogP contribution < -0.4 is 9.47 Å². The first-order valence-corrected chi connectivity index (χ1v) is 22.4. The molecule has 2 aliphatic carbocycles. The van der Waals surface area contributed by atoms with Gasteiger partial charge in [-0.05, 0) is 135 Å². The number of aliphatic hydroxyl groups excluding tert-OH is 2. The minimum absolute atomic E-state index is 0.0402. The summed E-state index contributed by atoms with van der Waals surface area (Å²) in [6, 6.07) is 17.2. The van der Waals surface area contributed by atoms with Crippen molar-refractivity contribution in [1.29, 1.82) is 0 Å². The normalized spacial score (nSPS) is 25.7. The number of unbranched alkanes of at least 4 members (excludes halogenated alkanes) is 2. The summed E-state index contributed by atoms with van der Waals surface area (Å²) in [6.45, 7) is 9.04. The molecule has 3 aromatic carbocycles. The van der Waals surface area contributed by atoms with Gasteiger partial charge in [0, 0.05) is 62.8 Å². The number of nitrogens with zero attached hydrogens (tertiary/aromatic N) is 3. The average Bonchev–Trinajstić information content (AvgIpc) is 3.29. The van der Waals surface area contributed by atoms with Gasteiger partial charge in [-0.25, -0.2) is 0 Å². The monoisotopic (exact) mass is 863 g/mol. The zero-order valence-electron chi connectivity index (χ0n) is 36.7. The number of ether oxygens (including phenoxy) is 4. The molecule has 0 spiro atoms. The third-order valence-corrected chi connectivity index (χ3v) is 13.1. The smallest absolute Gasteiger partial charge is 0.269 e. The highest BCUT2D eigenvalue weighted by molar-refractivity contribution is 6.03. The van der Waals surface area contributed by atoms with Crippen LogP contribution >= 0.6 is 0 Å². The largest absolute Gasteiger partial charge is 0.459 e. The maximum Gasteiger partial charge on any atom is 0.269 e. The van der Waals surface area contributed by atoms with E-state index in [9.17, 15) is 25.1 Å². The molecule has 1 saturated carbocycles. The molecular formula is C50H61N3O10. The van der Waals surface area contributed by atoms with Crippen molar-refractivity contribution >= 4 is 23.4 Å². The van der Waals surface area contributed by atoms with Crippen LogP contribution in [0.2, 0.25) is 0 Å². The fourth-order valence-electron chi connectivity index (χ4n) is 9.77. The van der Waals surface area contributed by atoms with Gasteiger partial charge in [0.05, 0.1) is 29.8 Å². The topological polar surface area (TPSA) is 162 Å². The molecule has 1 saturated heterocycles. The van der Waals surface area contributed by atoms with Gasteiger partial charge in [-0.15, -0.1) is 6.58 Å². The number of nitro benzene ring substituents is 1. The molecule has 0 radical (unpaired) electrons. The summed E-state index contributed by atoms with van der Waals surface area (Å²) < 4.78 is 26.8. The Morgan fingerprint density at radius 3 is 2.44 bits per heavy atom. The number of oxime groups is 1. The molecule has 2 heterocycles. The summed E-state index contributed by atoms with van der Waals surface area (Å²) in [5, 5.41) is 36.1. The van der Waals surface area contributed by atoms with Gasteiger partial charge in [0.15, 0.2) is 0 Å². The summed E-state index contributed by atoms with van der Waals surface area (Å²) in [4.78, 5) is 33.1. The zero-order chi connectivity index (χ0) is 44.5. The summed E-state index contributed by atoms with van der Waals surface area (Å²) in [7, 11) is 1.73. The maximum atomic E-state index is 14.4. The van der Waals surface area contributed by atoms with Crippen molar-refractivity contribution in [1.82, 2.24) is 4.90 Å². The Hall–Kier alpha value is -5.34. The third-order valence-electron chi connectivity index (χ3n) is 13.1. The maximum absolute atomic E-state index is 14.4. The lowest BCUT2D eigenvalue weighted by Gasteiger charge is -2.59. The van der Waals surface area contributed by atoms with Gasteiger partial charge in [-0.3, -0.25) is 14.9 Å². The van der Waals surface area contributed by atoms with E-state index in [1.807, 2.05) is 30.3 Å². The number of amides is 1. The second-order valence-corrected chi connectivity index (χ2v) is 17.2. The van der Waals surface area contributed by atoms with E-state index in [1.54, 1.807) is 36.2 Å². The lowest BCUT2D eigenvalue weighted by Crippen LogP contribution is -2.69. The minimum atomic E-state index is -1.43. The number of fused-ring (bicyclic) bond motifs is 2. The first-order valence-electron chi connectivity index (χ1n) is 22.4. The molecule has 1 amide bonds. The quantitative estimate of drug-likeness (QED) is 0.0391. The van der Waals surface area contributed by atoms with Crippen molar-refractivity contribution in [2.45, 2.75) is 102 Å². The Balaban J connectivity index is 1.38. The number of nitro groups is 1. The number of carbonyl (C=O) groups excluding carboxylic acids is 1. The Morgan fingerprint density at radius 1 is 1.00 bits per heavy atom. The van der Waals surface area contributed by atoms with Crippen LogP contribution in [-0.4, -0.2) is 83.2 Å². The summed E-state index contributed by atoms with van der Waals surface area (Å²) >= 11 is 0. The van der Waals surface area contributed by atoms with Crippen LogP contribution in [0, 0.1) is 41.7 Å². The van der Waals surface area contributed by atoms with Gasteiger partial charge in [0.1, 0.15) is 23.3 Å². The fraction of sp³-hybridized carbons (Fsp3) is 0.480. The predicted octanol–water partition coefficient (Wildman–Crippen LogP) is 9.34. The van der Waals surface area contributed by atoms with Gasteiger partial charge < -0.3 is 38.9 Å². The Bertz CT molecular complexity index is 2180. The van der Waals surface area contributed by atoms with Crippen molar-refractivity contribution in [3.8, 4) is 17.2 Å². The highest BCUT2D eigenvalue weighted by Gasteiger charge is 2.65. The van der Waals surface area contributed by atoms with Crippen LogP contribution in [0.15, 0.2) is 96.2 Å². The lowest BCUT2D eigenvalue weighted by molar-refractivity contribution is -0.384. The number of allylic oxidation sites excluding steroid dienone is 1. The third kappa shape index (κ3) is 10.2. The molecule has 7 atom stereocenters. The number of hydrogen-bond donors (Lipinski definition) is 2. The summed E-state index contributed by atoms with van der Waals surface area (Å²) in [5.41, 5.74) is 5.44. The second-order valence-electron chi connectivity index (χ2n) is 17.2. The van der Waals surface area contributed by atoms with Crippen molar-refractivity contribution in [3.63, 3.8) is 0 Å². The van der Waals surface area contributed by atoms with Crippen molar-refractivity contribution < 1.29 is 43.7 Å². The number of likely N-dealkylation sites (N-methyl/N-ethyl adjacent to an activating group) is 1. The summed E-state index contributed by atoms with van der Waals surface area (Å²) in [5.74, 6) is -0.361. The van der Waals surface area contributed by atoms with E-state index in [0.29, 0.717) is 48.6 Å². The molecule has 2 N–H and O–H groups in total. The van der Waals surface area contributed by atoms with Crippen LogP contribution in [0.3, 0.4) is 0 Å². The van der Waals surface area contributed by atoms with Crippen LogP contribution in [0.4, 0.5) is 5.69 Å². The molecular weight excluding hydrogens is 803 g/mol. The van der Waals surface area contributed by atoms with Crippen molar-refractivity contribution in [2.24, 2.45) is 22.9 Å². The van der Waals surface area contributed by atoms with Crippen molar-refractivity contribution in [3.05, 3.63) is 123 Å². The van der Waals surface area contributed by atoms with Crippen LogP contribution in [0.1, 0.15) is 92.4 Å². The minimum Gasteiger partial charge on any atom is -0.459 e. The molecule has 2 fully saturated rings. The highest BCUT2D eigenvalue weighted by atomic mass is 16.8. The molecule has 63 heavy (non-hydrogen) atoms. The van der Waals surface area contributed by atoms with E-state index in [4.69, 9.17) is 28.9 Å². The van der Waals surface area contributed by atoms with Crippen LogP contribution in [0.25, 0.3) is 6.08 Å². The van der Waals surface area contributed by atoms with Gasteiger partial charge in [-0.1, -0.05) is 36.2 Å². The van der Waals surface area contributed by atoms with E-state index in [0.717, 1.165) is 61.0 Å². The molecule has 1 unspecified atom stereocenters. The SMILES string of the molecule is C=CCO[C@@]12Oc3ccc(Oc4ccc(C)c(C)c4)cc3[C@H]3[C@H](CCCCO)[C@@H](CCCCO)C=C(C(=NOC4CCCCO4)C[C@@H]1N(C)C(=O)C=Cc1ccc([N+](=O)[O-])cc1)[C@H]32. The van der Waals surface area contributed by atoms with E-state index in [2.05, 4.69) is 32.6 Å². The number of carbonyl (C=O) groups is 1. The first kappa shape index (κ1) is 45.7. The Labute approximate surface area is 370 Å². The number of rotatable bonds is 19. The van der Waals surface area contributed by atoms with E-state index < -0.39 is 29.0 Å². The predicted molar refractivity (Wildman–Crippen MR) is 241 cm³/mol. The van der Waals surface area contributed by atoms with Gasteiger partial charge >= 0.3 is 0 Å². The molecule has 4 aliphatic rings. The Kier molecular flexibility index (Phi) is 15.1. The second kappa shape index (κ2) is 20.9. The van der Waals surface area contributed by atoms with E-state index in [-0.39, 0.29) is 55.6 Å². The molecule has 13 nitrogen and oxygen atoms in total. The van der Waals surface area contributed by atoms with Crippen LogP contribution in [-0.2, 0) is 19.1 Å². The molecule has 13 heteroatoms. The molecule has 2 aliphatic heterocycles. The Morgan fingerprint density at radius 2 is 1.75 bits per heavy atom. The zero-order valence-corrected chi connectivity index (χ0v) is 36.7. The molecule has 3 aromatic rings. The number of aryl methyl sites for hydroxylation is 2. The van der Waals surface area contributed by atoms with Gasteiger partial charge in [-0.2, -0.15) is 0 Å². The van der Waals surface area contributed by atoms with Crippen molar-refractivity contribution in [2.75, 3.05) is 33.5 Å². The number of non-ortho nitro benzene ring substituents is 1. The fourth-order valence-corrected chi connectivity index (χ4v) is 9.77. The van der Waals surface area contributed by atoms with E-state index >= 15 is 0 Å². The van der Waals surface area contributed by atoms with E-state index in [1.165, 1.54) is 23.8 Å². The number of hydrogen-bond acceptors (Lipinski definition) is 11. The van der Waals surface area contributed by atoms with Gasteiger partial charge in [0.2, 0.25) is 18.0 Å². The molecule has 0 aromatic heterocycles. The average molecular weight is 864 g/mol. The highest BCUT2D eigenvalue weighted by Crippen LogP contribution is 2.62. The standard InChI is InChI=1S/C50H61N3O10/c1-5-27-60-50-45(52(4)46(56)24-18-35-16-19-37(20-17-35)53(57)58)32-43(51-63-47-14-8-11-28-59-47)41-30-36(12-6-9-25-54)40(13-7-10-26-55)48(49(41)50)42-31-39(22-23-44(42)62-50)61-38-21-15-33(2)34(3)29-38/h5,15-24,29-31,36,40,45,47-49,54-55H,1,6-14,25-28,32H2,2-4H3/t36-,40+,45-,47?,48+,49+,50+/m0/s1. The first-order chi connectivity index (χ1) is 30.6. The summed E-state index contributed by atoms with van der Waals surface area (Å²) in [6.07, 6.45) is 14.0. The lowest BCUT2D eigenvalue weighted by atomic mass is 9.55. The number of aliphatic hydroxyl groups is 2. The number of benzene rings is 3.